The van der Waals surface area contributed by atoms with Crippen LogP contribution in [0.15, 0.2) is 0 Å². The standard InChI is InChI=1S/C15H26N2O5/c1-11(2)8-12(15(20)21-3)16-13(18)9-22-10-14(19)17-6-4-5-7-17/h11-12H,4-10H2,1-3H3,(H,16,18). The van der Waals surface area contributed by atoms with E-state index in [1.807, 2.05) is 13.8 Å². The molecule has 1 aliphatic heterocycles. The highest BCUT2D eigenvalue weighted by Crippen LogP contribution is 2.08. The normalized spacial score (nSPS) is 15.7. The van der Waals surface area contributed by atoms with Gasteiger partial charge in [0.05, 0.1) is 7.11 Å². The third-order valence-corrected chi connectivity index (χ3v) is 3.45. The van der Waals surface area contributed by atoms with Gasteiger partial charge in [0.2, 0.25) is 11.8 Å². The summed E-state index contributed by atoms with van der Waals surface area (Å²) in [5.74, 6) is -0.764. The molecule has 0 saturated carbocycles. The van der Waals surface area contributed by atoms with Gasteiger partial charge in [-0.2, -0.15) is 0 Å². The van der Waals surface area contributed by atoms with Gasteiger partial charge in [-0.1, -0.05) is 13.8 Å². The van der Waals surface area contributed by atoms with Crippen LogP contribution in [-0.4, -0.2) is 62.1 Å². The first-order valence-electron chi connectivity index (χ1n) is 7.66. The minimum Gasteiger partial charge on any atom is -0.467 e. The van der Waals surface area contributed by atoms with Crippen molar-refractivity contribution in [1.29, 1.82) is 0 Å². The molecule has 1 N–H and O–H groups in total. The number of nitrogens with zero attached hydrogens (tertiary/aromatic N) is 1. The minimum absolute atomic E-state index is 0.100. The monoisotopic (exact) mass is 314 g/mol. The fourth-order valence-corrected chi connectivity index (χ4v) is 2.35. The van der Waals surface area contributed by atoms with Crippen molar-refractivity contribution in [1.82, 2.24) is 10.2 Å². The van der Waals surface area contributed by atoms with Crippen LogP contribution in [0.3, 0.4) is 0 Å². The zero-order chi connectivity index (χ0) is 16.5. The molecule has 0 aromatic carbocycles. The smallest absolute Gasteiger partial charge is 0.328 e. The highest BCUT2D eigenvalue weighted by atomic mass is 16.5. The molecule has 1 atom stereocenters. The summed E-state index contributed by atoms with van der Waals surface area (Å²) in [7, 11) is 1.28. The fraction of sp³-hybridized carbons (Fsp3) is 0.800. The molecule has 0 aromatic rings. The van der Waals surface area contributed by atoms with E-state index in [-0.39, 0.29) is 25.0 Å². The van der Waals surface area contributed by atoms with E-state index in [9.17, 15) is 14.4 Å². The lowest BCUT2D eigenvalue weighted by Gasteiger charge is -2.18. The number of rotatable bonds is 8. The van der Waals surface area contributed by atoms with Gasteiger partial charge in [0.1, 0.15) is 19.3 Å². The summed E-state index contributed by atoms with van der Waals surface area (Å²) >= 11 is 0. The number of ether oxygens (including phenoxy) is 2. The number of hydrogen-bond donors (Lipinski definition) is 1. The van der Waals surface area contributed by atoms with Crippen LogP contribution < -0.4 is 5.32 Å². The van der Waals surface area contributed by atoms with Crippen LogP contribution in [0.4, 0.5) is 0 Å². The van der Waals surface area contributed by atoms with Gasteiger partial charge in [-0.3, -0.25) is 9.59 Å². The van der Waals surface area contributed by atoms with Crippen LogP contribution in [0.1, 0.15) is 33.1 Å². The first kappa shape index (κ1) is 18.4. The Morgan fingerprint density at radius 1 is 1.14 bits per heavy atom. The third kappa shape index (κ3) is 6.43. The summed E-state index contributed by atoms with van der Waals surface area (Å²) in [6.45, 7) is 5.06. The number of methoxy groups -OCH3 is 1. The Labute approximate surface area is 131 Å². The molecule has 1 unspecified atom stereocenters. The summed E-state index contributed by atoms with van der Waals surface area (Å²) < 4.78 is 9.80. The predicted molar refractivity (Wildman–Crippen MR) is 80.0 cm³/mol. The zero-order valence-corrected chi connectivity index (χ0v) is 13.6. The number of esters is 1. The number of hydrogen-bond acceptors (Lipinski definition) is 5. The lowest BCUT2D eigenvalue weighted by atomic mass is 10.0. The Morgan fingerprint density at radius 3 is 2.32 bits per heavy atom. The molecule has 0 spiro atoms. The fourth-order valence-electron chi connectivity index (χ4n) is 2.35. The van der Waals surface area contributed by atoms with E-state index in [1.165, 1.54) is 7.11 Å². The molecule has 1 fully saturated rings. The summed E-state index contributed by atoms with van der Waals surface area (Å²) in [6, 6.07) is -0.685. The van der Waals surface area contributed by atoms with Crippen LogP contribution in [-0.2, 0) is 23.9 Å². The van der Waals surface area contributed by atoms with Gasteiger partial charge in [0.25, 0.3) is 0 Å². The average molecular weight is 314 g/mol. The molecule has 1 rings (SSSR count). The minimum atomic E-state index is -0.685. The van der Waals surface area contributed by atoms with E-state index >= 15 is 0 Å². The Balaban J connectivity index is 2.30. The average Bonchev–Trinajstić information content (AvgIpc) is 2.99. The summed E-state index contributed by atoms with van der Waals surface area (Å²) in [5, 5.41) is 2.58. The van der Waals surface area contributed by atoms with Gasteiger partial charge in [0, 0.05) is 13.1 Å². The quantitative estimate of drug-likeness (QED) is 0.653. The van der Waals surface area contributed by atoms with Crippen LogP contribution in [0.2, 0.25) is 0 Å². The molecule has 1 saturated heterocycles. The molecule has 126 valence electrons. The van der Waals surface area contributed by atoms with E-state index in [0.717, 1.165) is 25.9 Å². The molecule has 7 nitrogen and oxygen atoms in total. The molecule has 1 aliphatic rings. The van der Waals surface area contributed by atoms with Crippen molar-refractivity contribution in [2.75, 3.05) is 33.4 Å². The molecule has 0 bridgehead atoms. The summed E-state index contributed by atoms with van der Waals surface area (Å²) in [6.07, 6.45) is 2.52. The molecular formula is C15H26N2O5. The van der Waals surface area contributed by atoms with Gasteiger partial charge in [-0.15, -0.1) is 0 Å². The maximum Gasteiger partial charge on any atom is 0.328 e. The number of carbonyl (C=O) groups is 3. The van der Waals surface area contributed by atoms with E-state index in [1.54, 1.807) is 4.90 Å². The lowest BCUT2D eigenvalue weighted by Crippen LogP contribution is -2.44. The van der Waals surface area contributed by atoms with Crippen molar-refractivity contribution in [3.05, 3.63) is 0 Å². The van der Waals surface area contributed by atoms with E-state index < -0.39 is 17.9 Å². The molecule has 0 aliphatic carbocycles. The van der Waals surface area contributed by atoms with Crippen molar-refractivity contribution in [3.8, 4) is 0 Å². The van der Waals surface area contributed by atoms with Gasteiger partial charge in [-0.05, 0) is 25.2 Å². The largest absolute Gasteiger partial charge is 0.467 e. The van der Waals surface area contributed by atoms with Gasteiger partial charge in [0.15, 0.2) is 0 Å². The van der Waals surface area contributed by atoms with Crippen molar-refractivity contribution in [3.63, 3.8) is 0 Å². The number of nitrogens with one attached hydrogen (secondary N) is 1. The summed E-state index contributed by atoms with van der Waals surface area (Å²) in [5.41, 5.74) is 0. The van der Waals surface area contributed by atoms with Crippen molar-refractivity contribution < 1.29 is 23.9 Å². The summed E-state index contributed by atoms with van der Waals surface area (Å²) in [4.78, 5) is 36.9. The number of amides is 2. The van der Waals surface area contributed by atoms with Crippen molar-refractivity contribution >= 4 is 17.8 Å². The lowest BCUT2D eigenvalue weighted by molar-refractivity contribution is -0.146. The Morgan fingerprint density at radius 2 is 1.77 bits per heavy atom. The van der Waals surface area contributed by atoms with Crippen molar-refractivity contribution in [2.24, 2.45) is 5.92 Å². The maximum atomic E-state index is 11.8. The SMILES string of the molecule is COC(=O)C(CC(C)C)NC(=O)COCC(=O)N1CCCC1. The maximum absolute atomic E-state index is 11.8. The van der Waals surface area contributed by atoms with Crippen LogP contribution in [0.25, 0.3) is 0 Å². The number of likely N-dealkylation sites (tertiary alicyclic amines) is 1. The Bertz CT molecular complexity index is 391. The molecule has 7 heteroatoms. The second-order valence-electron chi connectivity index (χ2n) is 5.85. The predicted octanol–water partition coefficient (Wildman–Crippen LogP) is 0.329. The molecule has 2 amide bonds. The molecule has 22 heavy (non-hydrogen) atoms. The Hall–Kier alpha value is -1.63. The molecular weight excluding hydrogens is 288 g/mol. The van der Waals surface area contributed by atoms with Crippen LogP contribution in [0.5, 0.6) is 0 Å². The molecule has 1 heterocycles. The molecule has 0 aromatic heterocycles. The topological polar surface area (TPSA) is 84.9 Å². The second kappa shape index (κ2) is 9.40. The second-order valence-corrected chi connectivity index (χ2v) is 5.85. The molecule has 0 radical (unpaired) electrons. The van der Waals surface area contributed by atoms with Crippen LogP contribution >= 0.6 is 0 Å². The first-order valence-corrected chi connectivity index (χ1v) is 7.66. The zero-order valence-electron chi connectivity index (χ0n) is 13.6. The van der Waals surface area contributed by atoms with E-state index in [4.69, 9.17) is 4.74 Å². The van der Waals surface area contributed by atoms with Crippen molar-refractivity contribution in [2.45, 2.75) is 39.2 Å². The van der Waals surface area contributed by atoms with E-state index in [0.29, 0.717) is 6.42 Å². The number of carbonyl (C=O) groups excluding carboxylic acids is 3. The van der Waals surface area contributed by atoms with Gasteiger partial charge < -0.3 is 19.7 Å². The van der Waals surface area contributed by atoms with Gasteiger partial charge >= 0.3 is 5.97 Å². The third-order valence-electron chi connectivity index (χ3n) is 3.45. The highest BCUT2D eigenvalue weighted by molar-refractivity contribution is 5.85. The van der Waals surface area contributed by atoms with Gasteiger partial charge in [-0.25, -0.2) is 4.79 Å². The Kier molecular flexibility index (Phi) is 7.87. The van der Waals surface area contributed by atoms with E-state index in [2.05, 4.69) is 10.1 Å². The highest BCUT2D eigenvalue weighted by Gasteiger charge is 2.23. The van der Waals surface area contributed by atoms with Crippen LogP contribution in [0, 0.1) is 5.92 Å². The first-order chi connectivity index (χ1) is 10.4.